The second-order valence-corrected chi connectivity index (χ2v) is 9.12. The van der Waals surface area contributed by atoms with Crippen molar-refractivity contribution in [1.82, 2.24) is 23.6 Å². The first-order valence-corrected chi connectivity index (χ1v) is 11.8. The van der Waals surface area contributed by atoms with Gasteiger partial charge in [-0.15, -0.1) is 0 Å². The Bertz CT molecular complexity index is 1300. The minimum Gasteiger partial charge on any atom is -0.495 e. The van der Waals surface area contributed by atoms with Crippen LogP contribution in [0.1, 0.15) is 31.2 Å². The number of aromatic nitrogens is 4. The minimum absolute atomic E-state index is 0.248. The number of aryl methyl sites for hydroxylation is 3. The lowest BCUT2D eigenvalue weighted by Gasteiger charge is -2.30. The Morgan fingerprint density at radius 1 is 1.00 bits per heavy atom. The Labute approximate surface area is 192 Å². The third-order valence-corrected chi connectivity index (χ3v) is 6.93. The molecule has 9 nitrogen and oxygen atoms in total. The standard InChI is InChI=1S/C24H32N6O3/c1-17-8-9-19(33-3)18(16-17)28-12-7-13-29-20-21(25-23(28)29)26(2)24(32)30(22(20)31)15-14-27-10-5-4-6-11-27/h8-9,16H,4-7,10-15H2,1-3H3. The number of benzene rings is 1. The molecule has 2 aromatic heterocycles. The molecule has 2 aliphatic rings. The molecular weight excluding hydrogens is 420 g/mol. The summed E-state index contributed by atoms with van der Waals surface area (Å²) in [6, 6.07) is 6.04. The zero-order valence-corrected chi connectivity index (χ0v) is 19.7. The van der Waals surface area contributed by atoms with Gasteiger partial charge in [0.05, 0.1) is 12.8 Å². The second kappa shape index (κ2) is 8.70. The Balaban J connectivity index is 1.60. The lowest BCUT2D eigenvalue weighted by Crippen LogP contribution is -2.43. The lowest BCUT2D eigenvalue weighted by molar-refractivity contribution is 0.218. The number of fused-ring (bicyclic) bond motifs is 3. The molecule has 5 rings (SSSR count). The second-order valence-electron chi connectivity index (χ2n) is 9.12. The maximum Gasteiger partial charge on any atom is 0.332 e. The van der Waals surface area contributed by atoms with Gasteiger partial charge in [-0.05, 0) is 57.0 Å². The molecular formula is C24H32N6O3. The van der Waals surface area contributed by atoms with Crippen molar-refractivity contribution in [3.8, 4) is 5.75 Å². The van der Waals surface area contributed by atoms with Gasteiger partial charge in [0, 0.05) is 33.2 Å². The van der Waals surface area contributed by atoms with E-state index in [2.05, 4.69) is 15.9 Å². The largest absolute Gasteiger partial charge is 0.495 e. The Hall–Kier alpha value is -3.07. The smallest absolute Gasteiger partial charge is 0.332 e. The van der Waals surface area contributed by atoms with Crippen LogP contribution in [0, 0.1) is 6.92 Å². The van der Waals surface area contributed by atoms with Gasteiger partial charge in [-0.2, -0.15) is 4.98 Å². The van der Waals surface area contributed by atoms with E-state index >= 15 is 0 Å². The molecule has 4 heterocycles. The highest BCUT2D eigenvalue weighted by Gasteiger charge is 2.28. The van der Waals surface area contributed by atoms with E-state index in [0.717, 1.165) is 43.1 Å². The van der Waals surface area contributed by atoms with Gasteiger partial charge >= 0.3 is 5.69 Å². The molecule has 1 saturated heterocycles. The summed E-state index contributed by atoms with van der Waals surface area (Å²) in [4.78, 5) is 35.9. The molecule has 9 heteroatoms. The van der Waals surface area contributed by atoms with E-state index in [0.29, 0.717) is 36.7 Å². The molecule has 3 aromatic rings. The molecule has 0 amide bonds. The number of piperidine rings is 1. The average molecular weight is 453 g/mol. The van der Waals surface area contributed by atoms with Gasteiger partial charge in [-0.25, -0.2) is 4.79 Å². The molecule has 0 radical (unpaired) electrons. The highest BCUT2D eigenvalue weighted by molar-refractivity contribution is 5.78. The molecule has 1 aromatic carbocycles. The number of likely N-dealkylation sites (tertiary alicyclic amines) is 1. The molecule has 0 spiro atoms. The van der Waals surface area contributed by atoms with Gasteiger partial charge in [0.2, 0.25) is 5.95 Å². The van der Waals surface area contributed by atoms with Crippen molar-refractivity contribution in [2.45, 2.75) is 45.7 Å². The van der Waals surface area contributed by atoms with Gasteiger partial charge in [0.15, 0.2) is 11.2 Å². The Kier molecular flexibility index (Phi) is 5.74. The summed E-state index contributed by atoms with van der Waals surface area (Å²) in [5.74, 6) is 1.44. The monoisotopic (exact) mass is 452 g/mol. The van der Waals surface area contributed by atoms with Crippen LogP contribution in [0.2, 0.25) is 0 Å². The van der Waals surface area contributed by atoms with E-state index in [1.54, 1.807) is 14.2 Å². The number of nitrogens with zero attached hydrogens (tertiary/aromatic N) is 6. The number of methoxy groups -OCH3 is 1. The lowest BCUT2D eigenvalue weighted by atomic mass is 10.1. The first-order valence-electron chi connectivity index (χ1n) is 11.8. The topological polar surface area (TPSA) is 77.5 Å². The summed E-state index contributed by atoms with van der Waals surface area (Å²) < 4.78 is 10.5. The molecule has 0 unspecified atom stereocenters. The maximum atomic E-state index is 13.6. The molecule has 1 fully saturated rings. The number of imidazole rings is 1. The van der Waals surface area contributed by atoms with E-state index in [1.165, 1.54) is 28.4 Å². The molecule has 2 aliphatic heterocycles. The van der Waals surface area contributed by atoms with Gasteiger partial charge in [-0.1, -0.05) is 12.5 Å². The molecule has 0 aliphatic carbocycles. The normalized spacial score (nSPS) is 16.9. The van der Waals surface area contributed by atoms with Crippen molar-refractivity contribution in [2.24, 2.45) is 7.05 Å². The van der Waals surface area contributed by atoms with Crippen molar-refractivity contribution < 1.29 is 4.74 Å². The molecule has 0 atom stereocenters. The van der Waals surface area contributed by atoms with Crippen LogP contribution in [-0.4, -0.2) is 56.9 Å². The molecule has 33 heavy (non-hydrogen) atoms. The van der Waals surface area contributed by atoms with Gasteiger partial charge in [-0.3, -0.25) is 13.9 Å². The average Bonchev–Trinajstić information content (AvgIpc) is 3.23. The number of anilines is 2. The summed E-state index contributed by atoms with van der Waals surface area (Å²) in [6.45, 7) is 6.68. The van der Waals surface area contributed by atoms with E-state index in [9.17, 15) is 9.59 Å². The summed E-state index contributed by atoms with van der Waals surface area (Å²) in [5, 5.41) is 0. The van der Waals surface area contributed by atoms with Crippen LogP contribution < -0.4 is 20.9 Å². The van der Waals surface area contributed by atoms with Crippen LogP contribution in [0.25, 0.3) is 11.2 Å². The number of hydrogen-bond donors (Lipinski definition) is 0. The van der Waals surface area contributed by atoms with Crippen LogP contribution in [0.3, 0.4) is 0 Å². The fourth-order valence-electron chi connectivity index (χ4n) is 5.13. The maximum absolute atomic E-state index is 13.6. The fourth-order valence-corrected chi connectivity index (χ4v) is 5.13. The Morgan fingerprint density at radius 3 is 2.55 bits per heavy atom. The van der Waals surface area contributed by atoms with Crippen molar-refractivity contribution >= 4 is 22.8 Å². The highest BCUT2D eigenvalue weighted by atomic mass is 16.5. The Morgan fingerprint density at radius 2 is 1.79 bits per heavy atom. The van der Waals surface area contributed by atoms with E-state index in [-0.39, 0.29) is 11.2 Å². The van der Waals surface area contributed by atoms with Crippen LogP contribution in [0.15, 0.2) is 27.8 Å². The number of rotatable bonds is 5. The van der Waals surface area contributed by atoms with Gasteiger partial charge in [0.25, 0.3) is 5.56 Å². The van der Waals surface area contributed by atoms with E-state index in [4.69, 9.17) is 9.72 Å². The molecule has 0 saturated carbocycles. The van der Waals surface area contributed by atoms with Crippen LogP contribution in [0.5, 0.6) is 5.75 Å². The predicted molar refractivity (Wildman–Crippen MR) is 129 cm³/mol. The van der Waals surface area contributed by atoms with Crippen molar-refractivity contribution in [3.05, 3.63) is 44.6 Å². The molecule has 176 valence electrons. The van der Waals surface area contributed by atoms with E-state index < -0.39 is 0 Å². The predicted octanol–water partition coefficient (Wildman–Crippen LogP) is 2.24. The summed E-state index contributed by atoms with van der Waals surface area (Å²) in [7, 11) is 3.36. The summed E-state index contributed by atoms with van der Waals surface area (Å²) in [6.07, 6.45) is 4.49. The number of ether oxygens (including phenoxy) is 1. The van der Waals surface area contributed by atoms with Crippen LogP contribution in [0.4, 0.5) is 11.6 Å². The summed E-state index contributed by atoms with van der Waals surface area (Å²) in [5.41, 5.74) is 2.42. The highest BCUT2D eigenvalue weighted by Crippen LogP contribution is 2.37. The van der Waals surface area contributed by atoms with E-state index in [1.807, 2.05) is 23.6 Å². The third-order valence-electron chi connectivity index (χ3n) is 6.93. The quantitative estimate of drug-likeness (QED) is 0.591. The molecule has 0 N–H and O–H groups in total. The van der Waals surface area contributed by atoms with Gasteiger partial charge < -0.3 is 19.1 Å². The van der Waals surface area contributed by atoms with Crippen LogP contribution >= 0.6 is 0 Å². The zero-order valence-electron chi connectivity index (χ0n) is 19.7. The SMILES string of the molecule is COc1ccc(C)cc1N1CCCn2c1nc1c2c(=O)n(CCN2CCCCC2)c(=O)n1C. The van der Waals surface area contributed by atoms with Crippen molar-refractivity contribution in [3.63, 3.8) is 0 Å². The minimum atomic E-state index is -0.306. The van der Waals surface area contributed by atoms with Crippen molar-refractivity contribution in [2.75, 3.05) is 38.2 Å². The first-order chi connectivity index (χ1) is 16.0. The summed E-state index contributed by atoms with van der Waals surface area (Å²) >= 11 is 0. The van der Waals surface area contributed by atoms with Crippen molar-refractivity contribution in [1.29, 1.82) is 0 Å². The first kappa shape index (κ1) is 21.8. The van der Waals surface area contributed by atoms with Crippen LogP contribution in [-0.2, 0) is 20.1 Å². The molecule has 0 bridgehead atoms. The zero-order chi connectivity index (χ0) is 23.1. The number of hydrogen-bond acceptors (Lipinski definition) is 6. The van der Waals surface area contributed by atoms with Gasteiger partial charge in [0.1, 0.15) is 5.75 Å². The third kappa shape index (κ3) is 3.74. The fraction of sp³-hybridized carbons (Fsp3) is 0.542.